The van der Waals surface area contributed by atoms with Crippen molar-refractivity contribution in [1.82, 2.24) is 0 Å². The van der Waals surface area contributed by atoms with Gasteiger partial charge in [-0.25, -0.2) is 22.0 Å². The average molecular weight is 330 g/mol. The predicted molar refractivity (Wildman–Crippen MR) is 66.0 cm³/mol. The fourth-order valence-corrected chi connectivity index (χ4v) is 4.70. The standard InChI is InChI=1S/C12H15F5O3Si/c1-5-6(21(18-2,19-3)20-4)7-8(13)10(15)12(17)11(16)9(7)14/h6H,5H2,1-4H3/t6-/m1/s1. The lowest BCUT2D eigenvalue weighted by Crippen LogP contribution is -2.50. The van der Waals surface area contributed by atoms with Gasteiger partial charge in [-0.2, -0.15) is 0 Å². The zero-order valence-corrected chi connectivity index (χ0v) is 12.9. The molecule has 1 atom stereocenters. The minimum Gasteiger partial charge on any atom is -0.376 e. The van der Waals surface area contributed by atoms with Crippen molar-refractivity contribution < 1.29 is 35.2 Å². The normalized spacial score (nSPS) is 13.6. The van der Waals surface area contributed by atoms with Gasteiger partial charge in [0.15, 0.2) is 23.3 Å². The highest BCUT2D eigenvalue weighted by Crippen LogP contribution is 2.37. The van der Waals surface area contributed by atoms with E-state index in [-0.39, 0.29) is 6.42 Å². The van der Waals surface area contributed by atoms with Gasteiger partial charge >= 0.3 is 8.80 Å². The van der Waals surface area contributed by atoms with Crippen LogP contribution >= 0.6 is 0 Å². The molecular formula is C12H15F5O3Si. The van der Waals surface area contributed by atoms with Crippen LogP contribution in [0.5, 0.6) is 0 Å². The van der Waals surface area contributed by atoms with Crippen molar-refractivity contribution in [3.8, 4) is 0 Å². The fourth-order valence-electron chi connectivity index (χ4n) is 2.24. The molecule has 0 bridgehead atoms. The summed E-state index contributed by atoms with van der Waals surface area (Å²) >= 11 is 0. The van der Waals surface area contributed by atoms with Crippen molar-refractivity contribution in [3.05, 3.63) is 34.6 Å². The second kappa shape index (κ2) is 6.82. The molecule has 0 aliphatic rings. The van der Waals surface area contributed by atoms with E-state index in [0.717, 1.165) is 0 Å². The van der Waals surface area contributed by atoms with Gasteiger partial charge in [0.2, 0.25) is 5.82 Å². The molecule has 9 heteroatoms. The molecular weight excluding hydrogens is 315 g/mol. The molecule has 0 radical (unpaired) electrons. The van der Waals surface area contributed by atoms with E-state index in [1.165, 1.54) is 28.3 Å². The molecule has 0 aliphatic carbocycles. The number of rotatable bonds is 6. The van der Waals surface area contributed by atoms with Crippen LogP contribution in [-0.4, -0.2) is 30.1 Å². The molecule has 1 aromatic carbocycles. The van der Waals surface area contributed by atoms with Crippen LogP contribution in [0.3, 0.4) is 0 Å². The highest BCUT2D eigenvalue weighted by molar-refractivity contribution is 6.62. The van der Waals surface area contributed by atoms with Gasteiger partial charge in [-0.05, 0) is 6.42 Å². The minimum absolute atomic E-state index is 0.0000939. The summed E-state index contributed by atoms with van der Waals surface area (Å²) in [4.78, 5) is 0. The van der Waals surface area contributed by atoms with E-state index in [0.29, 0.717) is 0 Å². The fraction of sp³-hybridized carbons (Fsp3) is 0.500. The first-order chi connectivity index (χ1) is 9.81. The molecule has 120 valence electrons. The van der Waals surface area contributed by atoms with Crippen LogP contribution in [0.1, 0.15) is 24.4 Å². The van der Waals surface area contributed by atoms with Crippen molar-refractivity contribution in [2.75, 3.05) is 21.3 Å². The Morgan fingerprint density at radius 1 is 0.762 bits per heavy atom. The second-order valence-corrected chi connectivity index (χ2v) is 7.29. The Balaban J connectivity index is 3.63. The van der Waals surface area contributed by atoms with Crippen LogP contribution < -0.4 is 0 Å². The molecule has 3 nitrogen and oxygen atoms in total. The van der Waals surface area contributed by atoms with E-state index in [1.54, 1.807) is 0 Å². The first kappa shape index (κ1) is 18.0. The molecule has 0 heterocycles. The Morgan fingerprint density at radius 2 is 1.10 bits per heavy atom. The van der Waals surface area contributed by atoms with Gasteiger partial charge in [0, 0.05) is 26.9 Å². The SMILES string of the molecule is CC[C@H](c1c(F)c(F)c(F)c(F)c1F)[Si](OC)(OC)OC. The zero-order chi connectivity index (χ0) is 16.4. The number of halogens is 5. The Kier molecular flexibility index (Phi) is 5.85. The van der Waals surface area contributed by atoms with Crippen LogP contribution in [0.2, 0.25) is 0 Å². The molecule has 1 rings (SSSR count). The van der Waals surface area contributed by atoms with Crippen molar-refractivity contribution in [3.63, 3.8) is 0 Å². The lowest BCUT2D eigenvalue weighted by atomic mass is 10.1. The Bertz CT molecular complexity index is 485. The van der Waals surface area contributed by atoms with E-state index in [4.69, 9.17) is 13.3 Å². The predicted octanol–water partition coefficient (Wildman–Crippen LogP) is 3.29. The highest BCUT2D eigenvalue weighted by atomic mass is 28.4. The summed E-state index contributed by atoms with van der Waals surface area (Å²) in [5.74, 6) is -10.0. The van der Waals surface area contributed by atoms with Gasteiger partial charge in [-0.1, -0.05) is 6.92 Å². The molecule has 0 aliphatic heterocycles. The Hall–Kier alpha value is -1.03. The van der Waals surface area contributed by atoms with Crippen molar-refractivity contribution in [1.29, 1.82) is 0 Å². The monoisotopic (exact) mass is 330 g/mol. The van der Waals surface area contributed by atoms with Crippen LogP contribution in [0.15, 0.2) is 0 Å². The van der Waals surface area contributed by atoms with Gasteiger partial charge in [0.1, 0.15) is 0 Å². The Labute approximate surface area is 120 Å². The van der Waals surface area contributed by atoms with Crippen LogP contribution in [0.25, 0.3) is 0 Å². The number of hydrogen-bond acceptors (Lipinski definition) is 3. The molecule has 0 spiro atoms. The molecule has 0 aromatic heterocycles. The van der Waals surface area contributed by atoms with E-state index in [2.05, 4.69) is 0 Å². The van der Waals surface area contributed by atoms with Gasteiger partial charge in [0.25, 0.3) is 0 Å². The molecule has 21 heavy (non-hydrogen) atoms. The lowest BCUT2D eigenvalue weighted by molar-refractivity contribution is 0.110. The molecule has 0 saturated heterocycles. The summed E-state index contributed by atoms with van der Waals surface area (Å²) in [5, 5.41) is 0. The average Bonchev–Trinajstić information content (AvgIpc) is 2.51. The van der Waals surface area contributed by atoms with Crippen molar-refractivity contribution >= 4 is 8.80 Å². The third-order valence-corrected chi connectivity index (χ3v) is 6.54. The summed E-state index contributed by atoms with van der Waals surface area (Å²) < 4.78 is 82.8. The van der Waals surface area contributed by atoms with Crippen LogP contribution in [0, 0.1) is 29.1 Å². The zero-order valence-electron chi connectivity index (χ0n) is 11.9. The summed E-state index contributed by atoms with van der Waals surface area (Å²) in [5.41, 5.74) is -2.21. The summed E-state index contributed by atoms with van der Waals surface area (Å²) in [6.07, 6.45) is 0.0000939. The minimum atomic E-state index is -3.65. The summed E-state index contributed by atoms with van der Waals surface area (Å²) in [7, 11) is -0.0842. The molecule has 1 aromatic rings. The molecule has 0 amide bonds. The quantitative estimate of drug-likeness (QED) is 0.347. The van der Waals surface area contributed by atoms with Gasteiger partial charge in [-0.3, -0.25) is 0 Å². The number of hydrogen-bond donors (Lipinski definition) is 0. The molecule has 0 unspecified atom stereocenters. The topological polar surface area (TPSA) is 27.7 Å². The summed E-state index contributed by atoms with van der Waals surface area (Å²) in [6.45, 7) is 1.50. The second-order valence-electron chi connectivity index (χ2n) is 4.16. The van der Waals surface area contributed by atoms with Gasteiger partial charge < -0.3 is 13.3 Å². The third kappa shape index (κ3) is 2.82. The van der Waals surface area contributed by atoms with Gasteiger partial charge in [-0.15, -0.1) is 0 Å². The van der Waals surface area contributed by atoms with E-state index in [1.807, 2.05) is 0 Å². The van der Waals surface area contributed by atoms with Crippen LogP contribution in [0.4, 0.5) is 22.0 Å². The largest absolute Gasteiger partial charge is 0.508 e. The maximum absolute atomic E-state index is 13.9. The van der Waals surface area contributed by atoms with E-state index in [9.17, 15) is 22.0 Å². The Morgan fingerprint density at radius 3 is 1.38 bits per heavy atom. The maximum atomic E-state index is 13.9. The van der Waals surface area contributed by atoms with Crippen molar-refractivity contribution in [2.24, 2.45) is 0 Å². The smallest absolute Gasteiger partial charge is 0.376 e. The van der Waals surface area contributed by atoms with Gasteiger partial charge in [0.05, 0.1) is 5.54 Å². The first-order valence-corrected chi connectivity index (χ1v) is 7.78. The maximum Gasteiger partial charge on any atom is 0.508 e. The highest BCUT2D eigenvalue weighted by Gasteiger charge is 2.50. The number of benzene rings is 1. The van der Waals surface area contributed by atoms with Crippen LogP contribution in [-0.2, 0) is 13.3 Å². The summed E-state index contributed by atoms with van der Waals surface area (Å²) in [6, 6.07) is 0. The molecule has 0 fully saturated rings. The third-order valence-electron chi connectivity index (χ3n) is 3.28. The lowest BCUT2D eigenvalue weighted by Gasteiger charge is -2.32. The molecule has 0 N–H and O–H groups in total. The van der Waals surface area contributed by atoms with E-state index >= 15 is 0 Å². The molecule has 0 saturated carbocycles. The first-order valence-electron chi connectivity index (χ1n) is 5.97. The van der Waals surface area contributed by atoms with Crippen molar-refractivity contribution in [2.45, 2.75) is 18.9 Å². The van der Waals surface area contributed by atoms with E-state index < -0.39 is 49.0 Å².